The molecule has 0 heterocycles. The van der Waals surface area contributed by atoms with Crippen molar-refractivity contribution in [3.63, 3.8) is 0 Å². The maximum absolute atomic E-state index is 12.8. The molecule has 0 N–H and O–H groups in total. The number of rotatable bonds is 6. The molecule has 2 fully saturated rings. The molecule has 124 valence electrons. The molecular weight excluding hydrogens is 280 g/mol. The molecule has 2 saturated carbocycles. The van der Waals surface area contributed by atoms with E-state index >= 15 is 0 Å². The summed E-state index contributed by atoms with van der Waals surface area (Å²) in [6.07, 6.45) is 6.33. The molecule has 0 amide bonds. The van der Waals surface area contributed by atoms with Crippen LogP contribution in [0.2, 0.25) is 0 Å². The van der Waals surface area contributed by atoms with Gasteiger partial charge in [0.1, 0.15) is 12.9 Å². The molecule has 2 bridgehead atoms. The predicted molar refractivity (Wildman–Crippen MR) is 83.3 cm³/mol. The molecular formula is C18H28O4. The Kier molecular flexibility index (Phi) is 4.21. The molecule has 0 saturated heterocycles. The number of methoxy groups -OCH3 is 1. The summed E-state index contributed by atoms with van der Waals surface area (Å²) in [6.45, 7) is 8.03. The summed E-state index contributed by atoms with van der Waals surface area (Å²) < 4.78 is 16.2. The maximum atomic E-state index is 12.8. The van der Waals surface area contributed by atoms with Crippen LogP contribution in [0, 0.1) is 28.6 Å². The van der Waals surface area contributed by atoms with Gasteiger partial charge >= 0.3 is 0 Å². The second-order valence-electron chi connectivity index (χ2n) is 8.06. The average Bonchev–Trinajstić information content (AvgIpc) is 2.78. The largest absolute Gasteiger partial charge is 0.382 e. The summed E-state index contributed by atoms with van der Waals surface area (Å²) in [5.74, 6) is 1.32. The Bertz CT molecular complexity index is 470. The standard InChI is InChI=1S/C18H28O4/c1-17(2)9-13-12-5-6-18(3,14(13)10-17)16(15(12)19)22-11-21-8-7-20-4/h5-6,12-14,16H,7-11H2,1-4H3/t12-,13+,14+,16+,18+/m1/s1. The van der Waals surface area contributed by atoms with Gasteiger partial charge in [0.15, 0.2) is 5.78 Å². The second kappa shape index (κ2) is 5.73. The van der Waals surface area contributed by atoms with Gasteiger partial charge in [-0.05, 0) is 30.1 Å². The lowest BCUT2D eigenvalue weighted by molar-refractivity contribution is -0.177. The molecule has 22 heavy (non-hydrogen) atoms. The normalized spacial score (nSPS) is 41.9. The predicted octanol–water partition coefficient (Wildman–Crippen LogP) is 2.82. The highest BCUT2D eigenvalue weighted by Gasteiger charge is 2.62. The zero-order chi connectivity index (χ0) is 16.0. The van der Waals surface area contributed by atoms with Crippen LogP contribution in [-0.4, -0.2) is 39.0 Å². The van der Waals surface area contributed by atoms with Gasteiger partial charge in [0.2, 0.25) is 0 Å². The average molecular weight is 308 g/mol. The molecule has 4 rings (SSSR count). The Balaban J connectivity index is 1.71. The minimum Gasteiger partial charge on any atom is -0.382 e. The van der Waals surface area contributed by atoms with E-state index in [-0.39, 0.29) is 30.0 Å². The number of ketones is 1. The van der Waals surface area contributed by atoms with Crippen molar-refractivity contribution in [2.75, 3.05) is 27.1 Å². The molecule has 4 heteroatoms. The number of carbonyl (C=O) groups is 1. The van der Waals surface area contributed by atoms with E-state index in [4.69, 9.17) is 14.2 Å². The van der Waals surface area contributed by atoms with Gasteiger partial charge in [-0.15, -0.1) is 0 Å². The van der Waals surface area contributed by atoms with E-state index < -0.39 is 0 Å². The molecule has 4 aliphatic rings. The second-order valence-corrected chi connectivity index (χ2v) is 8.06. The summed E-state index contributed by atoms with van der Waals surface area (Å²) in [4.78, 5) is 12.8. The Morgan fingerprint density at radius 1 is 1.23 bits per heavy atom. The van der Waals surface area contributed by atoms with Crippen molar-refractivity contribution >= 4 is 5.78 Å². The van der Waals surface area contributed by atoms with Crippen molar-refractivity contribution in [1.29, 1.82) is 0 Å². The van der Waals surface area contributed by atoms with Crippen LogP contribution in [0.25, 0.3) is 0 Å². The molecule has 0 aromatic rings. The van der Waals surface area contributed by atoms with Gasteiger partial charge in [0, 0.05) is 18.4 Å². The number of ether oxygens (including phenoxy) is 3. The number of hydrogen-bond acceptors (Lipinski definition) is 4. The van der Waals surface area contributed by atoms with E-state index in [2.05, 4.69) is 32.9 Å². The van der Waals surface area contributed by atoms with Gasteiger partial charge in [-0.1, -0.05) is 32.9 Å². The zero-order valence-corrected chi connectivity index (χ0v) is 14.1. The third kappa shape index (κ3) is 2.55. The summed E-state index contributed by atoms with van der Waals surface area (Å²) in [7, 11) is 1.64. The van der Waals surface area contributed by atoms with E-state index in [1.54, 1.807) is 7.11 Å². The molecule has 4 nitrogen and oxygen atoms in total. The molecule has 0 aliphatic heterocycles. The van der Waals surface area contributed by atoms with Crippen LogP contribution in [0.1, 0.15) is 33.6 Å². The van der Waals surface area contributed by atoms with E-state index in [0.717, 1.165) is 6.42 Å². The minimum atomic E-state index is -0.361. The lowest BCUT2D eigenvalue weighted by Gasteiger charge is -2.52. The van der Waals surface area contributed by atoms with Crippen LogP contribution in [0.5, 0.6) is 0 Å². The highest BCUT2D eigenvalue weighted by Crippen LogP contribution is 2.62. The van der Waals surface area contributed by atoms with Gasteiger partial charge in [0.25, 0.3) is 0 Å². The van der Waals surface area contributed by atoms with Crippen molar-refractivity contribution < 1.29 is 19.0 Å². The molecule has 0 aromatic carbocycles. The Morgan fingerprint density at radius 3 is 2.73 bits per heavy atom. The Labute approximate surface area is 133 Å². The first-order valence-corrected chi connectivity index (χ1v) is 8.30. The van der Waals surface area contributed by atoms with E-state index in [1.807, 2.05) is 0 Å². The van der Waals surface area contributed by atoms with Crippen LogP contribution >= 0.6 is 0 Å². The minimum absolute atomic E-state index is 0.0394. The summed E-state index contributed by atoms with van der Waals surface area (Å²) in [5.41, 5.74) is 0.139. The number of Topliss-reactive ketones (excluding diaryl/α,β-unsaturated/α-hetero) is 1. The van der Waals surface area contributed by atoms with Gasteiger partial charge in [-0.3, -0.25) is 4.79 Å². The van der Waals surface area contributed by atoms with Crippen LogP contribution in [0.15, 0.2) is 12.2 Å². The zero-order valence-electron chi connectivity index (χ0n) is 14.1. The van der Waals surface area contributed by atoms with Crippen molar-refractivity contribution in [1.82, 2.24) is 0 Å². The van der Waals surface area contributed by atoms with Crippen molar-refractivity contribution in [3.8, 4) is 0 Å². The van der Waals surface area contributed by atoms with E-state index in [9.17, 15) is 4.79 Å². The first-order chi connectivity index (χ1) is 10.4. The smallest absolute Gasteiger partial charge is 0.169 e. The van der Waals surface area contributed by atoms with E-state index in [0.29, 0.717) is 30.5 Å². The number of fused-ring (bicyclic) bond motifs is 1. The molecule has 0 aromatic heterocycles. The van der Waals surface area contributed by atoms with Crippen LogP contribution in [0.4, 0.5) is 0 Å². The molecule has 4 aliphatic carbocycles. The SMILES string of the molecule is COCCOCO[C@H]1C(=O)[C@@H]2C=C[C@@]1(C)[C@H]1CC(C)(C)C[C@@H]21. The first-order valence-electron chi connectivity index (χ1n) is 8.30. The Morgan fingerprint density at radius 2 is 2.00 bits per heavy atom. The van der Waals surface area contributed by atoms with Crippen molar-refractivity contribution in [2.24, 2.45) is 28.6 Å². The highest BCUT2D eigenvalue weighted by atomic mass is 16.7. The van der Waals surface area contributed by atoms with Crippen LogP contribution < -0.4 is 0 Å². The lowest BCUT2D eigenvalue weighted by Crippen LogP contribution is -2.57. The first kappa shape index (κ1) is 16.2. The van der Waals surface area contributed by atoms with Gasteiger partial charge in [-0.2, -0.15) is 0 Å². The molecule has 0 spiro atoms. The van der Waals surface area contributed by atoms with E-state index in [1.165, 1.54) is 6.42 Å². The number of hydrogen-bond donors (Lipinski definition) is 0. The fourth-order valence-corrected chi connectivity index (χ4v) is 4.89. The number of allylic oxidation sites excluding steroid dienone is 1. The third-order valence-electron chi connectivity index (χ3n) is 5.90. The summed E-state index contributed by atoms with van der Waals surface area (Å²) >= 11 is 0. The summed E-state index contributed by atoms with van der Waals surface area (Å²) in [5, 5.41) is 0. The molecule has 0 unspecified atom stereocenters. The van der Waals surface area contributed by atoms with Gasteiger partial charge < -0.3 is 14.2 Å². The topological polar surface area (TPSA) is 44.8 Å². The van der Waals surface area contributed by atoms with Crippen LogP contribution in [0.3, 0.4) is 0 Å². The molecule has 0 radical (unpaired) electrons. The van der Waals surface area contributed by atoms with Crippen molar-refractivity contribution in [3.05, 3.63) is 12.2 Å². The van der Waals surface area contributed by atoms with Crippen LogP contribution in [-0.2, 0) is 19.0 Å². The van der Waals surface area contributed by atoms with Crippen molar-refractivity contribution in [2.45, 2.75) is 39.7 Å². The highest BCUT2D eigenvalue weighted by molar-refractivity contribution is 5.91. The fraction of sp³-hybridized carbons (Fsp3) is 0.833. The lowest BCUT2D eigenvalue weighted by atomic mass is 9.54. The monoisotopic (exact) mass is 308 g/mol. The quantitative estimate of drug-likeness (QED) is 0.430. The van der Waals surface area contributed by atoms with Gasteiger partial charge in [0.05, 0.1) is 13.2 Å². The number of carbonyl (C=O) groups excluding carboxylic acids is 1. The third-order valence-corrected chi connectivity index (χ3v) is 5.90. The maximum Gasteiger partial charge on any atom is 0.169 e. The summed E-state index contributed by atoms with van der Waals surface area (Å²) in [6, 6.07) is 0. The fourth-order valence-electron chi connectivity index (χ4n) is 4.89. The molecule has 5 atom stereocenters. The Hall–Kier alpha value is -0.710. The van der Waals surface area contributed by atoms with Gasteiger partial charge in [-0.25, -0.2) is 0 Å².